The number of halogens is 2. The molecule has 0 heterocycles. The van der Waals surface area contributed by atoms with Crippen LogP contribution in [-0.2, 0) is 0 Å². The summed E-state index contributed by atoms with van der Waals surface area (Å²) in [5.74, 6) is 0.744. The monoisotopic (exact) mass is 345 g/mol. The molecule has 2 heteroatoms. The minimum atomic E-state index is -0.280. The van der Waals surface area contributed by atoms with Crippen LogP contribution in [0, 0.1) is 9.49 Å². The molecule has 0 spiro atoms. The van der Waals surface area contributed by atoms with Gasteiger partial charge in [0.05, 0.1) is 0 Å². The van der Waals surface area contributed by atoms with E-state index in [0.717, 1.165) is 0 Å². The minimum absolute atomic E-state index is 0.133. The van der Waals surface area contributed by atoms with E-state index in [1.165, 1.54) is 35.7 Å². The van der Waals surface area contributed by atoms with E-state index in [4.69, 9.17) is 0 Å². The van der Waals surface area contributed by atoms with Crippen molar-refractivity contribution < 1.29 is 25.6 Å². The van der Waals surface area contributed by atoms with E-state index in [0.29, 0.717) is 12.3 Å². The molecule has 1 aliphatic rings. The van der Waals surface area contributed by atoms with Gasteiger partial charge in [0.15, 0.2) is 7.65 Å². The SMILES string of the molecule is F/C(=C\[I+]c1ccccc1)CC1CCCCC1. The smallest absolute Gasteiger partial charge is 0.208 e. The van der Waals surface area contributed by atoms with E-state index < -0.39 is 0 Å². The summed E-state index contributed by atoms with van der Waals surface area (Å²) >= 11 is -0.280. The zero-order chi connectivity index (χ0) is 11.9. The average Bonchev–Trinajstić information content (AvgIpc) is 2.39. The Balaban J connectivity index is 1.80. The van der Waals surface area contributed by atoms with Gasteiger partial charge in [0.25, 0.3) is 0 Å². The molecular formula is C15H19FI+. The molecule has 0 nitrogen and oxygen atoms in total. The first-order valence-corrected chi connectivity index (χ1v) is 8.70. The molecule has 0 bridgehead atoms. The van der Waals surface area contributed by atoms with Gasteiger partial charge in [-0.2, -0.15) is 0 Å². The van der Waals surface area contributed by atoms with Crippen molar-refractivity contribution in [2.24, 2.45) is 5.92 Å². The van der Waals surface area contributed by atoms with E-state index in [9.17, 15) is 4.39 Å². The molecule has 1 aromatic rings. The quantitative estimate of drug-likeness (QED) is 0.730. The zero-order valence-electron chi connectivity index (χ0n) is 10.0. The van der Waals surface area contributed by atoms with Crippen LogP contribution in [-0.4, -0.2) is 0 Å². The topological polar surface area (TPSA) is 0 Å². The fraction of sp³-hybridized carbons (Fsp3) is 0.467. The lowest BCUT2D eigenvalue weighted by Crippen LogP contribution is -3.59. The van der Waals surface area contributed by atoms with Crippen molar-refractivity contribution in [2.45, 2.75) is 38.5 Å². The largest absolute Gasteiger partial charge is 0.352 e. The Morgan fingerprint density at radius 1 is 1.18 bits per heavy atom. The maximum Gasteiger partial charge on any atom is 0.352 e. The highest BCUT2D eigenvalue weighted by atomic mass is 127. The first kappa shape index (κ1) is 13.1. The maximum absolute atomic E-state index is 13.8. The predicted molar refractivity (Wildman–Crippen MR) is 65.5 cm³/mol. The first-order chi connectivity index (χ1) is 8.34. The summed E-state index contributed by atoms with van der Waals surface area (Å²) in [6.07, 6.45) is 7.08. The number of hydrogen-bond donors (Lipinski definition) is 0. The summed E-state index contributed by atoms with van der Waals surface area (Å²) in [6.45, 7) is 0. The van der Waals surface area contributed by atoms with E-state index in [-0.39, 0.29) is 27.0 Å². The minimum Gasteiger partial charge on any atom is -0.208 e. The van der Waals surface area contributed by atoms with Crippen LogP contribution in [0.2, 0.25) is 0 Å². The number of benzene rings is 1. The van der Waals surface area contributed by atoms with Crippen molar-refractivity contribution in [3.05, 3.63) is 43.8 Å². The highest BCUT2D eigenvalue weighted by molar-refractivity contribution is 5.00. The van der Waals surface area contributed by atoms with Gasteiger partial charge in [-0.05, 0) is 18.1 Å². The summed E-state index contributed by atoms with van der Waals surface area (Å²) in [4.78, 5) is 0. The third-order valence-electron chi connectivity index (χ3n) is 3.24. The molecule has 1 aliphatic carbocycles. The number of allylic oxidation sites excluding steroid dienone is 1. The summed E-state index contributed by atoms with van der Waals surface area (Å²) in [6, 6.07) is 10.3. The number of rotatable bonds is 4. The maximum atomic E-state index is 13.8. The molecule has 0 aliphatic heterocycles. The molecule has 1 fully saturated rings. The summed E-state index contributed by atoms with van der Waals surface area (Å²) in [7, 11) is 0. The van der Waals surface area contributed by atoms with Gasteiger partial charge < -0.3 is 0 Å². The molecule has 17 heavy (non-hydrogen) atoms. The Morgan fingerprint density at radius 2 is 1.88 bits per heavy atom. The second-order valence-electron chi connectivity index (χ2n) is 4.67. The van der Waals surface area contributed by atoms with Crippen molar-refractivity contribution in [2.75, 3.05) is 0 Å². The third kappa shape index (κ3) is 4.78. The normalized spacial score (nSPS) is 18.3. The van der Waals surface area contributed by atoms with E-state index >= 15 is 0 Å². The van der Waals surface area contributed by atoms with Gasteiger partial charge in [0, 0.05) is 6.42 Å². The highest BCUT2D eigenvalue weighted by Gasteiger charge is 2.17. The van der Waals surface area contributed by atoms with Crippen LogP contribution in [0.4, 0.5) is 4.39 Å². The van der Waals surface area contributed by atoms with Crippen molar-refractivity contribution in [1.82, 2.24) is 0 Å². The fourth-order valence-corrected chi connectivity index (χ4v) is 4.10. The summed E-state index contributed by atoms with van der Waals surface area (Å²) < 4.78 is 16.9. The van der Waals surface area contributed by atoms with Gasteiger partial charge in [-0.25, -0.2) is 4.39 Å². The van der Waals surface area contributed by atoms with Crippen LogP contribution in [0.1, 0.15) is 38.5 Å². The van der Waals surface area contributed by atoms with Crippen molar-refractivity contribution in [1.29, 1.82) is 0 Å². The molecule has 0 saturated heterocycles. The van der Waals surface area contributed by atoms with Gasteiger partial charge in [0.2, 0.25) is 0 Å². The van der Waals surface area contributed by atoms with Crippen LogP contribution < -0.4 is 21.2 Å². The van der Waals surface area contributed by atoms with Gasteiger partial charge in [0.1, 0.15) is 5.83 Å². The Bertz CT molecular complexity index is 352. The molecule has 1 saturated carbocycles. The summed E-state index contributed by atoms with van der Waals surface area (Å²) in [5, 5.41) is 0. The van der Waals surface area contributed by atoms with Crippen molar-refractivity contribution in [3.8, 4) is 0 Å². The lowest BCUT2D eigenvalue weighted by molar-refractivity contribution is -0.558. The highest BCUT2D eigenvalue weighted by Crippen LogP contribution is 2.28. The van der Waals surface area contributed by atoms with Crippen molar-refractivity contribution in [3.63, 3.8) is 0 Å². The van der Waals surface area contributed by atoms with Crippen LogP contribution >= 0.6 is 0 Å². The van der Waals surface area contributed by atoms with Gasteiger partial charge >= 0.3 is 21.2 Å². The first-order valence-electron chi connectivity index (χ1n) is 6.37. The third-order valence-corrected chi connectivity index (χ3v) is 5.67. The van der Waals surface area contributed by atoms with E-state index in [2.05, 4.69) is 12.1 Å². The van der Waals surface area contributed by atoms with Crippen LogP contribution in [0.15, 0.2) is 40.2 Å². The Morgan fingerprint density at radius 3 is 2.59 bits per heavy atom. The molecule has 92 valence electrons. The summed E-state index contributed by atoms with van der Waals surface area (Å²) in [5.41, 5.74) is 0. The molecule has 0 radical (unpaired) electrons. The van der Waals surface area contributed by atoms with Gasteiger partial charge in [-0.15, -0.1) is 0 Å². The second kappa shape index (κ2) is 7.14. The van der Waals surface area contributed by atoms with Gasteiger partial charge in [-0.1, -0.05) is 50.3 Å². The molecular weight excluding hydrogens is 326 g/mol. The van der Waals surface area contributed by atoms with Gasteiger partial charge in [-0.3, -0.25) is 0 Å². The van der Waals surface area contributed by atoms with E-state index in [1.54, 1.807) is 0 Å². The molecule has 0 atom stereocenters. The molecule has 2 rings (SSSR count). The Labute approximate surface area is 114 Å². The molecule has 0 aromatic heterocycles. The molecule has 0 unspecified atom stereocenters. The fourth-order valence-electron chi connectivity index (χ4n) is 2.32. The molecule has 0 amide bonds. The zero-order valence-corrected chi connectivity index (χ0v) is 12.2. The predicted octanol–water partition coefficient (Wildman–Crippen LogP) is 1.73. The van der Waals surface area contributed by atoms with Crippen molar-refractivity contribution >= 4 is 0 Å². The number of hydrogen-bond acceptors (Lipinski definition) is 0. The lowest BCUT2D eigenvalue weighted by Gasteiger charge is -2.19. The van der Waals surface area contributed by atoms with Crippen LogP contribution in [0.25, 0.3) is 0 Å². The second-order valence-corrected chi connectivity index (χ2v) is 7.16. The Hall–Kier alpha value is -0.380. The molecule has 1 aromatic carbocycles. The average molecular weight is 345 g/mol. The standard InChI is InChI=1S/C15H19FI/c16-14(11-13-7-3-1-4-8-13)12-17-15-9-5-2-6-10-15/h2,5-6,9-10,12-13H,1,3-4,7-8,11H2/q+1/b14-12-. The van der Waals surface area contributed by atoms with Crippen LogP contribution in [0.5, 0.6) is 0 Å². The van der Waals surface area contributed by atoms with Crippen LogP contribution in [0.3, 0.4) is 0 Å². The Kier molecular flexibility index (Phi) is 5.49. The molecule has 0 N–H and O–H groups in total. The van der Waals surface area contributed by atoms with E-state index in [1.807, 2.05) is 22.3 Å². The lowest BCUT2D eigenvalue weighted by atomic mass is 9.87.